The summed E-state index contributed by atoms with van der Waals surface area (Å²) in [5.41, 5.74) is 0. The van der Waals surface area contributed by atoms with Gasteiger partial charge in [-0.2, -0.15) is 0 Å². The second-order valence-electron chi connectivity index (χ2n) is 16.4. The highest BCUT2D eigenvalue weighted by atomic mass is 28.4. The van der Waals surface area contributed by atoms with Crippen LogP contribution in [0.25, 0.3) is 0 Å². The van der Waals surface area contributed by atoms with E-state index in [0.29, 0.717) is 36.1 Å². The van der Waals surface area contributed by atoms with Crippen LogP contribution in [0.15, 0.2) is 12.7 Å². The van der Waals surface area contributed by atoms with Gasteiger partial charge in [-0.1, -0.05) is 89.2 Å². The fraction of sp³-hybridized carbons (Fsp3) is 0.914. The van der Waals surface area contributed by atoms with Crippen LogP contribution in [-0.4, -0.2) is 59.5 Å². The van der Waals surface area contributed by atoms with Gasteiger partial charge in [-0.3, -0.25) is 0 Å². The molecule has 2 heterocycles. The maximum absolute atomic E-state index is 10.8. The molecule has 0 unspecified atom stereocenters. The maximum Gasteiger partial charge on any atom is 0.192 e. The molecule has 5 nitrogen and oxygen atoms in total. The first-order chi connectivity index (χ1) is 19.1. The Balaban J connectivity index is 0.000000420. The van der Waals surface area contributed by atoms with Crippen molar-refractivity contribution in [2.75, 3.05) is 0 Å². The second kappa shape index (κ2) is 15.8. The molecule has 42 heavy (non-hydrogen) atoms. The quantitative estimate of drug-likeness (QED) is 0.0738. The summed E-state index contributed by atoms with van der Waals surface area (Å²) < 4.78 is 24.9. The van der Waals surface area contributed by atoms with Gasteiger partial charge in [0.05, 0.1) is 24.4 Å². The smallest absolute Gasteiger partial charge is 0.192 e. The lowest BCUT2D eigenvalue weighted by molar-refractivity contribution is -0.110. The number of hydrogen-bond donors (Lipinski definition) is 0. The topological polar surface area (TPSA) is 60.6 Å². The van der Waals surface area contributed by atoms with Crippen LogP contribution in [0.2, 0.25) is 36.3 Å². The maximum atomic E-state index is 10.8. The average Bonchev–Trinajstić information content (AvgIpc) is 3.80. The van der Waals surface area contributed by atoms with Gasteiger partial charge in [0.25, 0.3) is 0 Å². The van der Waals surface area contributed by atoms with Crippen LogP contribution in [0, 0.1) is 23.7 Å². The van der Waals surface area contributed by atoms with E-state index in [1.807, 2.05) is 13.0 Å². The number of hydrogen-bond acceptors (Lipinski definition) is 5. The van der Waals surface area contributed by atoms with E-state index in [2.05, 4.69) is 109 Å². The molecular weight excluding hydrogens is 557 g/mol. The fourth-order valence-corrected chi connectivity index (χ4v) is 8.14. The second-order valence-corrected chi connectivity index (χ2v) is 26.0. The van der Waals surface area contributed by atoms with E-state index in [1.54, 1.807) is 0 Å². The highest BCUT2D eigenvalue weighted by Crippen LogP contribution is 2.43. The molecule has 2 aliphatic heterocycles. The monoisotopic (exact) mass is 626 g/mol. The van der Waals surface area contributed by atoms with Crippen molar-refractivity contribution in [3.05, 3.63) is 12.7 Å². The third-order valence-electron chi connectivity index (χ3n) is 10.6. The van der Waals surface area contributed by atoms with Crippen molar-refractivity contribution in [1.29, 1.82) is 0 Å². The number of rotatable bonds is 16. The van der Waals surface area contributed by atoms with Gasteiger partial charge < -0.3 is 23.1 Å². The molecule has 0 spiro atoms. The largest absolute Gasteiger partial charge is 0.414 e. The average molecular weight is 627 g/mol. The molecule has 2 aliphatic rings. The van der Waals surface area contributed by atoms with Crippen LogP contribution in [-0.2, 0) is 23.1 Å². The Morgan fingerprint density at radius 3 is 1.31 bits per heavy atom. The van der Waals surface area contributed by atoms with Crippen LogP contribution in [0.4, 0.5) is 0 Å². The summed E-state index contributed by atoms with van der Waals surface area (Å²) in [6, 6.07) is 0. The molecule has 0 bridgehead atoms. The summed E-state index contributed by atoms with van der Waals surface area (Å²) in [6.07, 6.45) is 8.93. The van der Waals surface area contributed by atoms with Gasteiger partial charge in [-0.15, -0.1) is 6.58 Å². The SMILES string of the molecule is C=C[C@@H](C)C[C@H]1O[C@@H]1[C@H](C)[C@H](CC)O[Si](C)(C)C(C)(C)C.CC[C@H](O[Si](C)(C)C(C)(C)C)[C@@H](C)[C@H]1O[C@@H]1C[C@H](C)C=O. The molecule has 0 amide bonds. The molecule has 248 valence electrons. The van der Waals surface area contributed by atoms with Crippen molar-refractivity contribution in [2.45, 2.75) is 182 Å². The molecule has 10 atom stereocenters. The molecule has 2 saturated heterocycles. The Labute approximate surface area is 263 Å². The molecular formula is C35H70O5Si2. The Bertz CT molecular complexity index is 762. The van der Waals surface area contributed by atoms with Gasteiger partial charge in [-0.05, 0) is 67.9 Å². The molecule has 7 heteroatoms. The first-order valence-electron chi connectivity index (χ1n) is 16.8. The molecule has 0 aromatic carbocycles. The van der Waals surface area contributed by atoms with E-state index in [4.69, 9.17) is 18.3 Å². The summed E-state index contributed by atoms with van der Waals surface area (Å²) in [5, 5.41) is 0.497. The molecule has 2 rings (SSSR count). The molecule has 0 aromatic heterocycles. The third-order valence-corrected chi connectivity index (χ3v) is 19.6. The van der Waals surface area contributed by atoms with Gasteiger partial charge in [0.15, 0.2) is 16.6 Å². The Kier molecular flexibility index (Phi) is 14.9. The van der Waals surface area contributed by atoms with Crippen molar-refractivity contribution >= 4 is 22.9 Å². The van der Waals surface area contributed by atoms with Gasteiger partial charge in [-0.25, -0.2) is 0 Å². The number of aldehydes is 1. The predicted octanol–water partition coefficient (Wildman–Crippen LogP) is 9.82. The van der Waals surface area contributed by atoms with Crippen molar-refractivity contribution in [1.82, 2.24) is 0 Å². The molecule has 0 radical (unpaired) electrons. The molecule has 0 N–H and O–H groups in total. The fourth-order valence-electron chi connectivity index (χ4n) is 5.16. The lowest BCUT2D eigenvalue weighted by Crippen LogP contribution is -2.46. The van der Waals surface area contributed by atoms with E-state index in [1.165, 1.54) is 0 Å². The number of allylic oxidation sites excluding steroid dienone is 1. The number of ether oxygens (including phenoxy) is 2. The summed E-state index contributed by atoms with van der Waals surface area (Å²) in [4.78, 5) is 10.8. The number of carbonyl (C=O) groups excluding carboxylic acids is 1. The van der Waals surface area contributed by atoms with Gasteiger partial charge in [0.2, 0.25) is 0 Å². The van der Waals surface area contributed by atoms with Gasteiger partial charge in [0, 0.05) is 30.0 Å². The minimum Gasteiger partial charge on any atom is -0.414 e. The van der Waals surface area contributed by atoms with Crippen molar-refractivity contribution in [2.24, 2.45) is 23.7 Å². The van der Waals surface area contributed by atoms with Gasteiger partial charge in [0.1, 0.15) is 6.29 Å². The van der Waals surface area contributed by atoms with Crippen LogP contribution < -0.4 is 0 Å². The third kappa shape index (κ3) is 11.6. The van der Waals surface area contributed by atoms with E-state index < -0.39 is 16.6 Å². The standard InChI is InChI=1S/C18H36O2Si.C17H34O3Si/c1-10-13(3)12-16-17(19-16)14(4)15(11-2)20-21(8,9)18(5,6)7;1-9-14(20-21(7,8)17(4,5)6)13(3)16-15(19-16)10-12(2)11-18/h10,13-17H,1,11-12H2,2-9H3;11-16H,9-10H2,1-8H3/t13-,14-,15+,16-,17-;12-,13+,14-,15+,16+/m10/s1. The van der Waals surface area contributed by atoms with E-state index >= 15 is 0 Å². The minimum atomic E-state index is -1.74. The molecule has 0 aliphatic carbocycles. The van der Waals surface area contributed by atoms with Crippen LogP contribution in [0.1, 0.15) is 109 Å². The zero-order valence-electron chi connectivity index (χ0n) is 30.5. The van der Waals surface area contributed by atoms with Gasteiger partial charge >= 0.3 is 0 Å². The first-order valence-corrected chi connectivity index (χ1v) is 22.6. The molecule has 0 saturated carbocycles. The lowest BCUT2D eigenvalue weighted by Gasteiger charge is -2.40. The van der Waals surface area contributed by atoms with E-state index in [9.17, 15) is 4.79 Å². The minimum absolute atomic E-state index is 0.0913. The predicted molar refractivity (Wildman–Crippen MR) is 184 cm³/mol. The Hall–Kier alpha value is -0.316. The Morgan fingerprint density at radius 1 is 0.714 bits per heavy atom. The van der Waals surface area contributed by atoms with Crippen molar-refractivity contribution < 1.29 is 23.1 Å². The zero-order chi connectivity index (χ0) is 32.8. The molecule has 0 aromatic rings. The lowest BCUT2D eigenvalue weighted by atomic mass is 9.94. The number of carbonyl (C=O) groups is 1. The summed E-state index contributed by atoms with van der Waals surface area (Å²) in [5.74, 6) is 1.50. The van der Waals surface area contributed by atoms with Crippen LogP contribution >= 0.6 is 0 Å². The molecule has 2 fully saturated rings. The normalized spacial score (nSPS) is 27.0. The number of epoxide rings is 2. The highest BCUT2D eigenvalue weighted by molar-refractivity contribution is 6.74. The summed E-state index contributed by atoms with van der Waals surface area (Å²) >= 11 is 0. The summed E-state index contributed by atoms with van der Waals surface area (Å²) in [6.45, 7) is 40.0. The van der Waals surface area contributed by atoms with Crippen LogP contribution in [0.5, 0.6) is 0 Å². The van der Waals surface area contributed by atoms with Crippen molar-refractivity contribution in [3.8, 4) is 0 Å². The van der Waals surface area contributed by atoms with Crippen LogP contribution in [0.3, 0.4) is 0 Å². The highest BCUT2D eigenvalue weighted by Gasteiger charge is 2.49. The van der Waals surface area contributed by atoms with E-state index in [-0.39, 0.29) is 34.3 Å². The Morgan fingerprint density at radius 2 is 1.05 bits per heavy atom. The summed E-state index contributed by atoms with van der Waals surface area (Å²) in [7, 11) is -3.44. The zero-order valence-corrected chi connectivity index (χ0v) is 32.5. The first kappa shape index (κ1) is 39.7. The van der Waals surface area contributed by atoms with E-state index in [0.717, 1.165) is 32.0 Å². The van der Waals surface area contributed by atoms with Crippen molar-refractivity contribution in [3.63, 3.8) is 0 Å².